The van der Waals surface area contributed by atoms with Crippen molar-refractivity contribution >= 4 is 23.4 Å². The van der Waals surface area contributed by atoms with E-state index in [9.17, 15) is 18.7 Å². The van der Waals surface area contributed by atoms with Gasteiger partial charge in [-0.2, -0.15) is 0 Å². The number of aliphatic carboxylic acids is 1. The van der Waals surface area contributed by atoms with Gasteiger partial charge in [0.1, 0.15) is 23.3 Å². The van der Waals surface area contributed by atoms with Crippen LogP contribution in [0.4, 0.5) is 19.0 Å². The predicted octanol–water partition coefficient (Wildman–Crippen LogP) is 3.99. The second kappa shape index (κ2) is 10.3. The van der Waals surface area contributed by atoms with Crippen LogP contribution in [0.15, 0.2) is 18.2 Å². The van der Waals surface area contributed by atoms with Crippen LogP contribution in [0.5, 0.6) is 0 Å². The van der Waals surface area contributed by atoms with Crippen LogP contribution < -0.4 is 16.2 Å². The number of piperidine rings is 1. The number of carboxylic acid groups (broad SMARTS) is 1. The molecule has 7 nitrogen and oxygen atoms in total. The summed E-state index contributed by atoms with van der Waals surface area (Å²) < 4.78 is 43.5. The van der Waals surface area contributed by atoms with E-state index in [0.29, 0.717) is 11.4 Å². The summed E-state index contributed by atoms with van der Waals surface area (Å²) in [5, 5.41) is 13.2. The van der Waals surface area contributed by atoms with Crippen LogP contribution in [-0.2, 0) is 17.8 Å². The lowest BCUT2D eigenvalue weighted by molar-refractivity contribution is -0.152. The highest BCUT2D eigenvalue weighted by molar-refractivity contribution is 6.30. The molecule has 2 saturated heterocycles. The van der Waals surface area contributed by atoms with Crippen molar-refractivity contribution in [1.82, 2.24) is 20.7 Å². The Labute approximate surface area is 207 Å². The van der Waals surface area contributed by atoms with Crippen LogP contribution >= 0.6 is 11.6 Å². The first-order valence-corrected chi connectivity index (χ1v) is 12.0. The van der Waals surface area contributed by atoms with Gasteiger partial charge in [0.25, 0.3) is 0 Å². The van der Waals surface area contributed by atoms with E-state index >= 15 is 4.39 Å². The van der Waals surface area contributed by atoms with Gasteiger partial charge in [0.2, 0.25) is 0 Å². The number of benzene rings is 1. The van der Waals surface area contributed by atoms with Crippen molar-refractivity contribution in [2.75, 3.05) is 18.4 Å². The Morgan fingerprint density at radius 2 is 1.97 bits per heavy atom. The van der Waals surface area contributed by atoms with Gasteiger partial charge in [-0.15, -0.1) is 0 Å². The number of carboxylic acids is 1. The second-order valence-electron chi connectivity index (χ2n) is 9.57. The number of anilines is 1. The van der Waals surface area contributed by atoms with Gasteiger partial charge in [0, 0.05) is 24.6 Å². The largest absolute Gasteiger partial charge is 0.481 e. The summed E-state index contributed by atoms with van der Waals surface area (Å²) >= 11 is 5.79. The molecule has 1 aromatic carbocycles. The maximum Gasteiger partial charge on any atom is 0.310 e. The summed E-state index contributed by atoms with van der Waals surface area (Å²) in [5.41, 5.74) is 5.28. The minimum Gasteiger partial charge on any atom is -0.481 e. The Morgan fingerprint density at radius 3 is 2.60 bits per heavy atom. The first-order chi connectivity index (χ1) is 16.6. The van der Waals surface area contributed by atoms with Gasteiger partial charge in [-0.3, -0.25) is 15.1 Å². The van der Waals surface area contributed by atoms with E-state index in [1.165, 1.54) is 0 Å². The van der Waals surface area contributed by atoms with Gasteiger partial charge in [-0.05, 0) is 70.0 Å². The number of hydrogen-bond acceptors (Lipinski definition) is 6. The summed E-state index contributed by atoms with van der Waals surface area (Å²) in [7, 11) is 0. The first kappa shape index (κ1) is 25.7. The van der Waals surface area contributed by atoms with E-state index in [2.05, 4.69) is 21.2 Å². The fourth-order valence-electron chi connectivity index (χ4n) is 4.77. The second-order valence-corrected chi connectivity index (χ2v) is 9.97. The molecular formula is C24H29ClF3N5O2. The lowest BCUT2D eigenvalue weighted by Crippen LogP contribution is -2.45. The lowest BCUT2D eigenvalue weighted by atomic mass is 9.74. The van der Waals surface area contributed by atoms with Crippen LogP contribution in [0.25, 0.3) is 0 Å². The fraction of sp³-hybridized carbons (Fsp3) is 0.500. The summed E-state index contributed by atoms with van der Waals surface area (Å²) in [6, 6.07) is 4.14. The summed E-state index contributed by atoms with van der Waals surface area (Å²) in [5.74, 6) is -2.60. The topological polar surface area (TPSA) is 89.5 Å². The molecule has 2 atom stereocenters. The molecular weight excluding hydrogens is 483 g/mol. The number of aryl methyl sites for hydroxylation is 1. The normalized spacial score (nSPS) is 22.3. The molecule has 4 N–H and O–H groups in total. The number of hydrazine groups is 1. The number of nitrogens with one attached hydrogen (secondary N) is 3. The van der Waals surface area contributed by atoms with E-state index < -0.39 is 28.8 Å². The van der Waals surface area contributed by atoms with Gasteiger partial charge < -0.3 is 10.4 Å². The van der Waals surface area contributed by atoms with Crippen molar-refractivity contribution in [3.05, 3.63) is 57.5 Å². The zero-order chi connectivity index (χ0) is 25.3. The van der Waals surface area contributed by atoms with Gasteiger partial charge >= 0.3 is 5.97 Å². The molecule has 0 amide bonds. The number of aromatic nitrogens is 1. The maximum atomic E-state index is 15.0. The highest BCUT2D eigenvalue weighted by Gasteiger charge is 2.43. The molecule has 0 aliphatic carbocycles. The molecule has 2 aromatic rings. The highest BCUT2D eigenvalue weighted by Crippen LogP contribution is 2.37. The van der Waals surface area contributed by atoms with Gasteiger partial charge in [-0.25, -0.2) is 23.6 Å². The Balaban J connectivity index is 1.49. The Bertz CT molecular complexity index is 1110. The Kier molecular flexibility index (Phi) is 7.56. The molecule has 2 fully saturated rings. The van der Waals surface area contributed by atoms with E-state index in [1.807, 2.05) is 6.92 Å². The minimum absolute atomic E-state index is 0.0279. The quantitative estimate of drug-likeness (QED) is 0.418. The van der Waals surface area contributed by atoms with Crippen LogP contribution in [0, 0.1) is 29.8 Å². The van der Waals surface area contributed by atoms with Crippen molar-refractivity contribution in [2.24, 2.45) is 5.41 Å². The minimum atomic E-state index is -1.23. The average Bonchev–Trinajstić information content (AvgIpc) is 3.22. The number of likely N-dealkylation sites (tertiary alicyclic amines) is 1. The van der Waals surface area contributed by atoms with Crippen molar-refractivity contribution in [2.45, 2.75) is 58.3 Å². The summed E-state index contributed by atoms with van der Waals surface area (Å²) in [4.78, 5) is 18.6. The number of pyridine rings is 1. The molecule has 35 heavy (non-hydrogen) atoms. The first-order valence-electron chi connectivity index (χ1n) is 11.6. The number of hydrogen-bond donors (Lipinski definition) is 4. The summed E-state index contributed by atoms with van der Waals surface area (Å²) in [6.45, 7) is 4.19. The van der Waals surface area contributed by atoms with E-state index in [4.69, 9.17) is 11.6 Å². The molecule has 0 radical (unpaired) electrons. The third-order valence-corrected chi connectivity index (χ3v) is 7.21. The van der Waals surface area contributed by atoms with Gasteiger partial charge in [0.05, 0.1) is 22.3 Å². The maximum absolute atomic E-state index is 15.0. The van der Waals surface area contributed by atoms with E-state index in [1.54, 1.807) is 17.9 Å². The third kappa shape index (κ3) is 5.55. The van der Waals surface area contributed by atoms with Crippen molar-refractivity contribution in [3.63, 3.8) is 0 Å². The van der Waals surface area contributed by atoms with Crippen LogP contribution in [0.3, 0.4) is 0 Å². The number of halogens is 4. The smallest absolute Gasteiger partial charge is 0.310 e. The van der Waals surface area contributed by atoms with Crippen LogP contribution in [-0.4, -0.2) is 46.3 Å². The fourth-order valence-corrected chi connectivity index (χ4v) is 4.94. The zero-order valence-electron chi connectivity index (χ0n) is 19.6. The molecule has 1 aromatic heterocycles. The van der Waals surface area contributed by atoms with E-state index in [-0.39, 0.29) is 67.4 Å². The lowest BCUT2D eigenvalue weighted by Gasteiger charge is -2.39. The molecule has 2 aliphatic rings. The van der Waals surface area contributed by atoms with Gasteiger partial charge in [0.15, 0.2) is 0 Å². The van der Waals surface area contributed by atoms with Crippen molar-refractivity contribution in [1.29, 1.82) is 0 Å². The number of carbonyl (C=O) groups is 1. The molecule has 3 heterocycles. The standard InChI is InChI=1S/C24H29ClF3N5O2/c1-13-9-19(30-20-10-14(2)31-32-20)29-18(21(13)27)11-24(23(34)35)5-7-33(8-6-24)12-15-17(26)4-3-16(25)22(15)28/h3-4,9,14,20,31-32H,5-8,10-12H2,1-2H3,(H,29,30)(H,34,35). The molecule has 11 heteroatoms. The molecule has 2 unspecified atom stereocenters. The number of rotatable bonds is 7. The van der Waals surface area contributed by atoms with Crippen LogP contribution in [0.1, 0.15) is 43.0 Å². The van der Waals surface area contributed by atoms with Crippen LogP contribution in [0.2, 0.25) is 5.02 Å². The predicted molar refractivity (Wildman–Crippen MR) is 126 cm³/mol. The highest BCUT2D eigenvalue weighted by atomic mass is 35.5. The Morgan fingerprint density at radius 1 is 1.26 bits per heavy atom. The third-order valence-electron chi connectivity index (χ3n) is 6.92. The number of nitrogens with zero attached hydrogens (tertiary/aromatic N) is 2. The molecule has 4 rings (SSSR count). The Hall–Kier alpha value is -2.40. The average molecular weight is 512 g/mol. The molecule has 0 spiro atoms. The van der Waals surface area contributed by atoms with Crippen molar-refractivity contribution < 1.29 is 23.1 Å². The molecule has 190 valence electrons. The molecule has 0 bridgehead atoms. The van der Waals surface area contributed by atoms with E-state index in [0.717, 1.165) is 18.6 Å². The summed E-state index contributed by atoms with van der Waals surface area (Å²) in [6.07, 6.45) is 1.02. The van der Waals surface area contributed by atoms with Crippen molar-refractivity contribution in [3.8, 4) is 0 Å². The molecule has 2 aliphatic heterocycles. The zero-order valence-corrected chi connectivity index (χ0v) is 20.4. The van der Waals surface area contributed by atoms with Gasteiger partial charge in [-0.1, -0.05) is 11.6 Å². The monoisotopic (exact) mass is 511 g/mol. The molecule has 0 saturated carbocycles. The SMILES string of the molecule is Cc1cc(NC2CC(C)NN2)nc(CC2(C(=O)O)CCN(Cc3c(F)ccc(Cl)c3F)CC2)c1F.